The van der Waals surface area contributed by atoms with E-state index in [-0.39, 0.29) is 24.7 Å². The van der Waals surface area contributed by atoms with Crippen molar-refractivity contribution >= 4 is 28.5 Å². The first-order valence-corrected chi connectivity index (χ1v) is 9.78. The van der Waals surface area contributed by atoms with Crippen molar-refractivity contribution in [1.29, 1.82) is 5.26 Å². The molecule has 0 saturated carbocycles. The van der Waals surface area contributed by atoms with Crippen molar-refractivity contribution in [3.8, 4) is 11.8 Å². The first-order chi connectivity index (χ1) is 15.0. The normalized spacial score (nSPS) is 15.0. The molecule has 0 radical (unpaired) electrons. The lowest BCUT2D eigenvalue weighted by atomic mass is 10.1. The summed E-state index contributed by atoms with van der Waals surface area (Å²) in [5.41, 5.74) is 5.96. The average molecular weight is 418 g/mol. The molecule has 10 nitrogen and oxygen atoms in total. The van der Waals surface area contributed by atoms with Crippen LogP contribution in [-0.4, -0.2) is 34.7 Å². The minimum absolute atomic E-state index is 0.0258. The lowest BCUT2D eigenvalue weighted by Gasteiger charge is -2.15. The maximum absolute atomic E-state index is 11.8. The van der Waals surface area contributed by atoms with Crippen molar-refractivity contribution < 1.29 is 9.53 Å². The summed E-state index contributed by atoms with van der Waals surface area (Å²) in [6.45, 7) is 3.59. The molecule has 1 aliphatic heterocycles. The van der Waals surface area contributed by atoms with Gasteiger partial charge in [-0.25, -0.2) is 0 Å². The van der Waals surface area contributed by atoms with Crippen molar-refractivity contribution in [3.63, 3.8) is 0 Å². The summed E-state index contributed by atoms with van der Waals surface area (Å²) in [5, 5.41) is 30.9. The number of aromatic nitrogens is 2. The number of nitrogens with one attached hydrogen (secondary N) is 5. The van der Waals surface area contributed by atoms with Gasteiger partial charge in [-0.15, -0.1) is 5.10 Å². The first kappa shape index (κ1) is 20.0. The van der Waals surface area contributed by atoms with Crippen LogP contribution in [0.3, 0.4) is 0 Å². The monoisotopic (exact) mass is 418 g/mol. The van der Waals surface area contributed by atoms with Crippen LogP contribution < -0.4 is 26.1 Å². The van der Waals surface area contributed by atoms with Crippen molar-refractivity contribution in [2.45, 2.75) is 26.1 Å². The van der Waals surface area contributed by atoms with E-state index in [1.165, 1.54) is 0 Å². The van der Waals surface area contributed by atoms with Gasteiger partial charge in [0.15, 0.2) is 6.61 Å². The maximum atomic E-state index is 11.8. The minimum Gasteiger partial charge on any atom is -0.482 e. The molecular formula is C21H22N8O2. The van der Waals surface area contributed by atoms with E-state index in [9.17, 15) is 10.1 Å². The zero-order valence-corrected chi connectivity index (χ0v) is 17.1. The molecule has 1 unspecified atom stereocenters. The molecule has 1 aliphatic rings. The fourth-order valence-corrected chi connectivity index (χ4v) is 3.16. The zero-order chi connectivity index (χ0) is 21.8. The number of guanidine groups is 1. The van der Waals surface area contributed by atoms with E-state index in [1.54, 1.807) is 18.3 Å². The maximum Gasteiger partial charge on any atom is 0.258 e. The molecule has 2 aromatic carbocycles. The Morgan fingerprint density at radius 3 is 2.97 bits per heavy atom. The molecule has 10 heteroatoms. The van der Waals surface area contributed by atoms with E-state index in [0.29, 0.717) is 17.3 Å². The molecule has 31 heavy (non-hydrogen) atoms. The molecule has 0 bridgehead atoms. The van der Waals surface area contributed by atoms with Crippen LogP contribution in [0.1, 0.15) is 31.1 Å². The number of rotatable bonds is 6. The quantitative estimate of drug-likeness (QED) is 0.412. The Morgan fingerprint density at radius 1 is 1.29 bits per heavy atom. The number of ether oxygens (including phenoxy) is 1. The van der Waals surface area contributed by atoms with Crippen molar-refractivity contribution in [3.05, 3.63) is 53.7 Å². The third-order valence-corrected chi connectivity index (χ3v) is 4.56. The summed E-state index contributed by atoms with van der Waals surface area (Å²) >= 11 is 0. The highest BCUT2D eigenvalue weighted by Gasteiger charge is 2.20. The van der Waals surface area contributed by atoms with Gasteiger partial charge >= 0.3 is 0 Å². The van der Waals surface area contributed by atoms with Gasteiger partial charge in [-0.2, -0.15) is 10.4 Å². The van der Waals surface area contributed by atoms with E-state index < -0.39 is 0 Å². The molecule has 0 aliphatic carbocycles. The zero-order valence-electron chi connectivity index (χ0n) is 17.1. The van der Waals surface area contributed by atoms with Crippen LogP contribution in [-0.2, 0) is 4.79 Å². The number of hydrogen-bond acceptors (Lipinski definition) is 8. The van der Waals surface area contributed by atoms with Gasteiger partial charge in [-0.1, -0.05) is 6.07 Å². The number of fused-ring (bicyclic) bond motifs is 1. The molecule has 3 aromatic rings. The summed E-state index contributed by atoms with van der Waals surface area (Å²) in [7, 11) is 0. The average Bonchev–Trinajstić information content (AvgIpc) is 3.41. The largest absolute Gasteiger partial charge is 0.482 e. The second-order valence-electron chi connectivity index (χ2n) is 7.34. The number of benzene rings is 2. The molecule has 1 aromatic heterocycles. The second-order valence-corrected chi connectivity index (χ2v) is 7.34. The number of hydrogen-bond donors (Lipinski definition) is 5. The van der Waals surface area contributed by atoms with Crippen LogP contribution in [0.25, 0.3) is 10.9 Å². The lowest BCUT2D eigenvalue weighted by Crippen LogP contribution is -2.34. The van der Waals surface area contributed by atoms with E-state index in [1.807, 2.05) is 38.1 Å². The van der Waals surface area contributed by atoms with Crippen molar-refractivity contribution in [2.75, 3.05) is 11.9 Å². The van der Waals surface area contributed by atoms with Gasteiger partial charge in [0.2, 0.25) is 5.96 Å². The first-order valence-electron chi connectivity index (χ1n) is 9.78. The highest BCUT2D eigenvalue weighted by atomic mass is 16.5. The predicted octanol–water partition coefficient (Wildman–Crippen LogP) is 1.91. The highest BCUT2D eigenvalue weighted by Crippen LogP contribution is 2.24. The number of aromatic amines is 1. The Balaban J connectivity index is 1.38. The molecule has 2 heterocycles. The molecule has 158 valence electrons. The standard InChI is InChI=1S/C21H22N8O2/c1-12(2)24-19(30)11-31-18-6-3-13(7-14(18)9-22)20-26-21(29-28-20)25-16-4-5-17-15(8-16)10-23-27-17/h3-8,10,12,20,28H,11H2,1-2H3,(H,23,27)(H,24,30)(H2,25,26,29). The summed E-state index contributed by atoms with van der Waals surface area (Å²) in [5.74, 6) is 0.674. The summed E-state index contributed by atoms with van der Waals surface area (Å²) in [6.07, 6.45) is 1.44. The molecule has 4 rings (SSSR count). The molecule has 0 fully saturated rings. The second kappa shape index (κ2) is 8.62. The smallest absolute Gasteiger partial charge is 0.258 e. The van der Waals surface area contributed by atoms with E-state index in [2.05, 4.69) is 42.7 Å². The third-order valence-electron chi connectivity index (χ3n) is 4.56. The molecule has 1 amide bonds. The van der Waals surface area contributed by atoms with Crippen LogP contribution in [0.4, 0.5) is 5.69 Å². The van der Waals surface area contributed by atoms with Crippen LogP contribution in [0, 0.1) is 11.3 Å². The van der Waals surface area contributed by atoms with E-state index >= 15 is 0 Å². The Kier molecular flexibility index (Phi) is 5.57. The fourth-order valence-electron chi connectivity index (χ4n) is 3.16. The Morgan fingerprint density at radius 2 is 2.16 bits per heavy atom. The van der Waals surface area contributed by atoms with Crippen molar-refractivity contribution in [2.24, 2.45) is 5.10 Å². The number of nitriles is 1. The number of anilines is 1. The summed E-state index contributed by atoms with van der Waals surface area (Å²) in [6, 6.07) is 13.2. The number of nitrogens with zero attached hydrogens (tertiary/aromatic N) is 3. The van der Waals surface area contributed by atoms with Gasteiger partial charge in [0, 0.05) is 17.1 Å². The number of carbonyl (C=O) groups excluding carboxylic acids is 1. The Bertz CT molecular complexity index is 1180. The van der Waals surface area contributed by atoms with Crippen LogP contribution in [0.15, 0.2) is 47.7 Å². The Labute approximate surface area is 178 Å². The predicted molar refractivity (Wildman–Crippen MR) is 116 cm³/mol. The molecular weight excluding hydrogens is 396 g/mol. The summed E-state index contributed by atoms with van der Waals surface area (Å²) < 4.78 is 5.51. The molecule has 1 atom stereocenters. The van der Waals surface area contributed by atoms with Gasteiger partial charge in [-0.05, 0) is 49.7 Å². The molecule has 0 spiro atoms. The van der Waals surface area contributed by atoms with Crippen LogP contribution in [0.5, 0.6) is 5.75 Å². The van der Waals surface area contributed by atoms with Crippen molar-refractivity contribution in [1.82, 2.24) is 26.3 Å². The van der Waals surface area contributed by atoms with Gasteiger partial charge in [0.1, 0.15) is 18.0 Å². The van der Waals surface area contributed by atoms with E-state index in [0.717, 1.165) is 22.2 Å². The lowest BCUT2D eigenvalue weighted by molar-refractivity contribution is -0.123. The number of carbonyl (C=O) groups is 1. The highest BCUT2D eigenvalue weighted by molar-refractivity contribution is 5.96. The number of amides is 1. The van der Waals surface area contributed by atoms with E-state index in [4.69, 9.17) is 4.74 Å². The molecule has 0 saturated heterocycles. The summed E-state index contributed by atoms with van der Waals surface area (Å²) in [4.78, 5) is 11.8. The number of hydrazone groups is 1. The van der Waals surface area contributed by atoms with Crippen LogP contribution >= 0.6 is 0 Å². The van der Waals surface area contributed by atoms with Crippen LogP contribution in [0.2, 0.25) is 0 Å². The Hall–Kier alpha value is -4.26. The molecule has 5 N–H and O–H groups in total. The topological polar surface area (TPSA) is 139 Å². The third kappa shape index (κ3) is 4.67. The fraction of sp³-hybridized carbons (Fsp3) is 0.238. The SMILES string of the molecule is CC(C)NC(=O)COc1ccc(C2NN=C(Nc3ccc4[nH]ncc4c3)N2)cc1C#N. The van der Waals surface area contributed by atoms with Gasteiger partial charge < -0.3 is 20.7 Å². The minimum atomic E-state index is -0.314. The van der Waals surface area contributed by atoms with Gasteiger partial charge in [0.25, 0.3) is 5.91 Å². The van der Waals surface area contributed by atoms with Gasteiger partial charge in [0.05, 0.1) is 17.3 Å². The van der Waals surface area contributed by atoms with Gasteiger partial charge in [-0.3, -0.25) is 15.3 Å². The number of H-pyrrole nitrogens is 1.